The first-order chi connectivity index (χ1) is 8.70. The van der Waals surface area contributed by atoms with Crippen LogP contribution in [0.5, 0.6) is 5.75 Å². The summed E-state index contributed by atoms with van der Waals surface area (Å²) in [6, 6.07) is 5.70. The number of carbonyl (C=O) groups is 1. The molecule has 3 nitrogen and oxygen atoms in total. The Bertz CT molecular complexity index is 428. The molecule has 0 unspecified atom stereocenters. The van der Waals surface area contributed by atoms with Crippen molar-refractivity contribution in [2.45, 2.75) is 32.7 Å². The van der Waals surface area contributed by atoms with Crippen LogP contribution in [0.2, 0.25) is 0 Å². The minimum absolute atomic E-state index is 0. The van der Waals surface area contributed by atoms with Crippen LogP contribution in [0.3, 0.4) is 0 Å². The molecule has 0 N–H and O–H groups in total. The van der Waals surface area contributed by atoms with E-state index in [2.05, 4.69) is 4.90 Å². The molecule has 0 aliphatic carbocycles. The van der Waals surface area contributed by atoms with Crippen LogP contribution in [-0.2, 0) is 6.54 Å². The maximum absolute atomic E-state index is 11.4. The van der Waals surface area contributed by atoms with E-state index < -0.39 is 0 Å². The highest BCUT2D eigenvalue weighted by molar-refractivity contribution is 5.94. The number of piperidine rings is 1. The predicted molar refractivity (Wildman–Crippen MR) is 79.4 cm³/mol. The Balaban J connectivity index is 0.00000180. The number of methoxy groups -OCH3 is 1. The molecule has 0 radical (unpaired) electrons. The van der Waals surface area contributed by atoms with E-state index in [0.717, 1.165) is 36.5 Å². The highest BCUT2D eigenvalue weighted by Crippen LogP contribution is 2.23. The largest absolute Gasteiger partial charge is 0.496 e. The lowest BCUT2D eigenvalue weighted by molar-refractivity contribution is 0.101. The monoisotopic (exact) mass is 283 g/mol. The summed E-state index contributed by atoms with van der Waals surface area (Å²) in [5.41, 5.74) is 1.88. The van der Waals surface area contributed by atoms with Crippen molar-refractivity contribution in [2.24, 2.45) is 0 Å². The molecule has 1 fully saturated rings. The number of rotatable bonds is 4. The van der Waals surface area contributed by atoms with E-state index in [-0.39, 0.29) is 18.2 Å². The summed E-state index contributed by atoms with van der Waals surface area (Å²) < 4.78 is 5.38. The zero-order chi connectivity index (χ0) is 13.0. The van der Waals surface area contributed by atoms with Gasteiger partial charge in [-0.3, -0.25) is 9.69 Å². The molecule has 0 aromatic heterocycles. The Labute approximate surface area is 121 Å². The Morgan fingerprint density at radius 1 is 1.26 bits per heavy atom. The minimum Gasteiger partial charge on any atom is -0.496 e. The quantitative estimate of drug-likeness (QED) is 0.794. The fourth-order valence-corrected chi connectivity index (χ4v) is 2.48. The van der Waals surface area contributed by atoms with Crippen molar-refractivity contribution in [1.82, 2.24) is 4.90 Å². The van der Waals surface area contributed by atoms with Crippen molar-refractivity contribution in [3.8, 4) is 5.75 Å². The molecule has 1 saturated heterocycles. The summed E-state index contributed by atoms with van der Waals surface area (Å²) in [5.74, 6) is 0.989. The molecule has 19 heavy (non-hydrogen) atoms. The predicted octanol–water partition coefficient (Wildman–Crippen LogP) is 3.31. The number of carbonyl (C=O) groups excluding carboxylic acids is 1. The Kier molecular flexibility index (Phi) is 6.32. The van der Waals surface area contributed by atoms with Gasteiger partial charge in [0.15, 0.2) is 5.78 Å². The smallest absolute Gasteiger partial charge is 0.159 e. The van der Waals surface area contributed by atoms with Crippen molar-refractivity contribution in [3.63, 3.8) is 0 Å². The average molecular weight is 284 g/mol. The lowest BCUT2D eigenvalue weighted by atomic mass is 10.0. The van der Waals surface area contributed by atoms with Gasteiger partial charge in [-0.25, -0.2) is 0 Å². The van der Waals surface area contributed by atoms with Crippen LogP contribution in [0.15, 0.2) is 18.2 Å². The molecule has 0 bridgehead atoms. The van der Waals surface area contributed by atoms with E-state index >= 15 is 0 Å². The molecule has 4 heteroatoms. The molecule has 1 aliphatic rings. The van der Waals surface area contributed by atoms with E-state index in [1.807, 2.05) is 18.2 Å². The van der Waals surface area contributed by atoms with Gasteiger partial charge < -0.3 is 4.74 Å². The lowest BCUT2D eigenvalue weighted by Gasteiger charge is -2.27. The van der Waals surface area contributed by atoms with Gasteiger partial charge in [-0.15, -0.1) is 12.4 Å². The van der Waals surface area contributed by atoms with Crippen LogP contribution in [0.4, 0.5) is 0 Å². The van der Waals surface area contributed by atoms with Gasteiger partial charge in [-0.1, -0.05) is 6.42 Å². The first-order valence-electron chi connectivity index (χ1n) is 6.61. The Morgan fingerprint density at radius 2 is 1.95 bits per heavy atom. The standard InChI is InChI=1S/C15H21NO2.ClH/c1-12(17)13-6-7-15(18-2)14(10-13)11-16-8-4-3-5-9-16;/h6-7,10H,3-5,8-9,11H2,1-2H3;1H. The molecule has 1 aromatic rings. The van der Waals surface area contributed by atoms with Gasteiger partial charge in [0.25, 0.3) is 0 Å². The summed E-state index contributed by atoms with van der Waals surface area (Å²) >= 11 is 0. The number of ketones is 1. The maximum atomic E-state index is 11.4. The first kappa shape index (κ1) is 16.0. The third kappa shape index (κ3) is 4.22. The third-order valence-corrected chi connectivity index (χ3v) is 3.53. The number of hydrogen-bond donors (Lipinski definition) is 0. The van der Waals surface area contributed by atoms with Crippen LogP contribution in [0.1, 0.15) is 42.1 Å². The molecule has 0 amide bonds. The van der Waals surface area contributed by atoms with Gasteiger partial charge in [-0.2, -0.15) is 0 Å². The van der Waals surface area contributed by atoms with Crippen LogP contribution >= 0.6 is 12.4 Å². The van der Waals surface area contributed by atoms with Crippen LogP contribution in [-0.4, -0.2) is 30.9 Å². The fourth-order valence-electron chi connectivity index (χ4n) is 2.48. The molecule has 2 rings (SSSR count). The summed E-state index contributed by atoms with van der Waals surface area (Å²) in [7, 11) is 1.68. The fraction of sp³-hybridized carbons (Fsp3) is 0.533. The first-order valence-corrected chi connectivity index (χ1v) is 6.61. The molecule has 1 aliphatic heterocycles. The molecular formula is C15H22ClNO2. The van der Waals surface area contributed by atoms with Gasteiger partial charge in [0.2, 0.25) is 0 Å². The number of nitrogens with zero attached hydrogens (tertiary/aromatic N) is 1. The second-order valence-electron chi connectivity index (χ2n) is 4.92. The number of halogens is 1. The van der Waals surface area contributed by atoms with Gasteiger partial charge >= 0.3 is 0 Å². The third-order valence-electron chi connectivity index (χ3n) is 3.53. The SMILES string of the molecule is COc1ccc(C(C)=O)cc1CN1CCCCC1.Cl. The maximum Gasteiger partial charge on any atom is 0.159 e. The highest BCUT2D eigenvalue weighted by atomic mass is 35.5. The normalized spacial score (nSPS) is 15.7. The number of hydrogen-bond acceptors (Lipinski definition) is 3. The summed E-state index contributed by atoms with van der Waals surface area (Å²) in [4.78, 5) is 13.9. The second kappa shape index (κ2) is 7.51. The van der Waals surface area contributed by atoms with E-state index in [9.17, 15) is 4.79 Å². The molecule has 106 valence electrons. The summed E-state index contributed by atoms with van der Waals surface area (Å²) in [6.45, 7) is 4.78. The second-order valence-corrected chi connectivity index (χ2v) is 4.92. The lowest BCUT2D eigenvalue weighted by Crippen LogP contribution is -2.29. The van der Waals surface area contributed by atoms with Crippen molar-refractivity contribution in [3.05, 3.63) is 29.3 Å². The number of ether oxygens (including phenoxy) is 1. The van der Waals surface area contributed by atoms with Gasteiger partial charge in [0, 0.05) is 17.7 Å². The molecule has 0 saturated carbocycles. The topological polar surface area (TPSA) is 29.5 Å². The van der Waals surface area contributed by atoms with E-state index in [0.29, 0.717) is 0 Å². The Hall–Kier alpha value is -1.06. The van der Waals surface area contributed by atoms with Gasteiger partial charge in [0.1, 0.15) is 5.75 Å². The van der Waals surface area contributed by atoms with Gasteiger partial charge in [0.05, 0.1) is 7.11 Å². The highest BCUT2D eigenvalue weighted by Gasteiger charge is 2.14. The zero-order valence-electron chi connectivity index (χ0n) is 11.6. The molecule has 1 aromatic carbocycles. The number of Topliss-reactive ketones (excluding diaryl/α,β-unsaturated/α-hetero) is 1. The average Bonchev–Trinajstić information content (AvgIpc) is 2.39. The van der Waals surface area contributed by atoms with Crippen molar-refractivity contribution >= 4 is 18.2 Å². The van der Waals surface area contributed by atoms with Gasteiger partial charge in [-0.05, 0) is 51.1 Å². The van der Waals surface area contributed by atoms with E-state index in [1.54, 1.807) is 14.0 Å². The minimum atomic E-state index is 0. The summed E-state index contributed by atoms with van der Waals surface area (Å²) in [5, 5.41) is 0. The van der Waals surface area contributed by atoms with Crippen molar-refractivity contribution in [2.75, 3.05) is 20.2 Å². The summed E-state index contributed by atoms with van der Waals surface area (Å²) in [6.07, 6.45) is 3.88. The van der Waals surface area contributed by atoms with Crippen LogP contribution < -0.4 is 4.74 Å². The van der Waals surface area contributed by atoms with Crippen molar-refractivity contribution < 1.29 is 9.53 Å². The zero-order valence-corrected chi connectivity index (χ0v) is 12.5. The molecular weight excluding hydrogens is 262 g/mol. The molecule has 1 heterocycles. The molecule has 0 spiro atoms. The van der Waals surface area contributed by atoms with Crippen LogP contribution in [0, 0.1) is 0 Å². The van der Waals surface area contributed by atoms with E-state index in [1.165, 1.54) is 19.3 Å². The van der Waals surface area contributed by atoms with Crippen LogP contribution in [0.25, 0.3) is 0 Å². The molecule has 0 atom stereocenters. The van der Waals surface area contributed by atoms with Crippen molar-refractivity contribution in [1.29, 1.82) is 0 Å². The number of benzene rings is 1. The van der Waals surface area contributed by atoms with E-state index in [4.69, 9.17) is 4.74 Å². The number of likely N-dealkylation sites (tertiary alicyclic amines) is 1. The Morgan fingerprint density at radius 3 is 2.53 bits per heavy atom.